The molecule has 0 radical (unpaired) electrons. The fourth-order valence-corrected chi connectivity index (χ4v) is 2.46. The summed E-state index contributed by atoms with van der Waals surface area (Å²) in [6.07, 6.45) is 2.01. The number of hydrogen-bond acceptors (Lipinski definition) is 2. The number of aromatic nitrogens is 1. The van der Waals surface area contributed by atoms with E-state index in [9.17, 15) is 0 Å². The summed E-state index contributed by atoms with van der Waals surface area (Å²) in [5.74, 6) is 1.52. The van der Waals surface area contributed by atoms with Gasteiger partial charge < -0.3 is 14.5 Å². The van der Waals surface area contributed by atoms with Crippen LogP contribution in [-0.2, 0) is 6.61 Å². The van der Waals surface area contributed by atoms with Gasteiger partial charge in [-0.15, -0.1) is 0 Å². The Morgan fingerprint density at radius 2 is 1.80 bits per heavy atom. The molecular weight excluding hydrogens is 250 g/mol. The normalized spacial score (nSPS) is 10.7. The number of methoxy groups -OCH3 is 1. The van der Waals surface area contributed by atoms with E-state index in [1.165, 1.54) is 10.9 Å². The summed E-state index contributed by atoms with van der Waals surface area (Å²) < 4.78 is 11.2. The first-order valence-electron chi connectivity index (χ1n) is 6.61. The van der Waals surface area contributed by atoms with Crippen LogP contribution in [0.5, 0.6) is 11.5 Å². The summed E-state index contributed by atoms with van der Waals surface area (Å²) in [5, 5.41) is 1.24. The van der Waals surface area contributed by atoms with E-state index in [1.54, 1.807) is 7.11 Å². The monoisotopic (exact) mass is 267 g/mol. The summed E-state index contributed by atoms with van der Waals surface area (Å²) >= 11 is 0. The molecule has 3 rings (SSSR count). The summed E-state index contributed by atoms with van der Waals surface area (Å²) in [4.78, 5) is 3.28. The third-order valence-electron chi connectivity index (χ3n) is 3.45. The molecule has 1 heterocycles. The second-order valence-corrected chi connectivity index (χ2v) is 4.75. The Labute approximate surface area is 118 Å². The number of fused-ring (bicyclic) bond motifs is 1. The number of para-hydroxylation sites is 2. The average molecular weight is 267 g/mol. The van der Waals surface area contributed by atoms with Crippen LogP contribution >= 0.6 is 0 Å². The highest BCUT2D eigenvalue weighted by Gasteiger charge is 2.08. The van der Waals surface area contributed by atoms with Gasteiger partial charge in [-0.05, 0) is 30.7 Å². The minimum atomic E-state index is 0.519. The topological polar surface area (TPSA) is 34.2 Å². The van der Waals surface area contributed by atoms with Crippen LogP contribution in [0.3, 0.4) is 0 Å². The van der Waals surface area contributed by atoms with Crippen molar-refractivity contribution in [3.8, 4) is 11.5 Å². The number of benzene rings is 2. The van der Waals surface area contributed by atoms with Crippen LogP contribution in [0, 0.1) is 6.92 Å². The minimum absolute atomic E-state index is 0.519. The summed E-state index contributed by atoms with van der Waals surface area (Å²) in [6, 6.07) is 13.9. The van der Waals surface area contributed by atoms with E-state index in [1.807, 2.05) is 30.5 Å². The van der Waals surface area contributed by atoms with Crippen LogP contribution in [0.15, 0.2) is 48.7 Å². The van der Waals surface area contributed by atoms with E-state index in [0.717, 1.165) is 22.6 Å². The van der Waals surface area contributed by atoms with Gasteiger partial charge in [0, 0.05) is 22.7 Å². The van der Waals surface area contributed by atoms with Crippen LogP contribution in [0.1, 0.15) is 11.1 Å². The first-order valence-corrected chi connectivity index (χ1v) is 6.61. The lowest BCUT2D eigenvalue weighted by Gasteiger charge is -2.10. The Kier molecular flexibility index (Phi) is 3.33. The number of aryl methyl sites for hydroxylation is 1. The standard InChI is InChI=1S/C17H17NO2/c1-12-6-5-7-14-17(12)13(10-18-14)11-20-16-9-4-3-8-15(16)19-2/h3-10,18H,11H2,1-2H3. The smallest absolute Gasteiger partial charge is 0.161 e. The molecule has 0 fully saturated rings. The number of ether oxygens (including phenoxy) is 2. The second kappa shape index (κ2) is 5.29. The van der Waals surface area contributed by atoms with Gasteiger partial charge in [0.05, 0.1) is 7.11 Å². The van der Waals surface area contributed by atoms with E-state index in [4.69, 9.17) is 9.47 Å². The zero-order chi connectivity index (χ0) is 13.9. The van der Waals surface area contributed by atoms with Gasteiger partial charge in [0.15, 0.2) is 11.5 Å². The van der Waals surface area contributed by atoms with E-state index < -0.39 is 0 Å². The van der Waals surface area contributed by atoms with Crippen molar-refractivity contribution in [2.24, 2.45) is 0 Å². The van der Waals surface area contributed by atoms with Crippen LogP contribution in [0.4, 0.5) is 0 Å². The van der Waals surface area contributed by atoms with Crippen molar-refractivity contribution in [3.05, 3.63) is 59.8 Å². The van der Waals surface area contributed by atoms with Crippen LogP contribution in [0.25, 0.3) is 10.9 Å². The van der Waals surface area contributed by atoms with Gasteiger partial charge >= 0.3 is 0 Å². The van der Waals surface area contributed by atoms with Gasteiger partial charge in [0.1, 0.15) is 6.61 Å². The molecule has 1 N–H and O–H groups in total. The van der Waals surface area contributed by atoms with Crippen molar-refractivity contribution in [1.82, 2.24) is 4.98 Å². The van der Waals surface area contributed by atoms with E-state index in [-0.39, 0.29) is 0 Å². The van der Waals surface area contributed by atoms with Crippen molar-refractivity contribution < 1.29 is 9.47 Å². The first-order chi connectivity index (χ1) is 9.79. The van der Waals surface area contributed by atoms with Gasteiger partial charge in [0.2, 0.25) is 0 Å². The van der Waals surface area contributed by atoms with E-state index in [2.05, 4.69) is 30.1 Å². The highest BCUT2D eigenvalue weighted by molar-refractivity contribution is 5.86. The maximum atomic E-state index is 5.89. The van der Waals surface area contributed by atoms with Gasteiger partial charge in [-0.25, -0.2) is 0 Å². The zero-order valence-corrected chi connectivity index (χ0v) is 11.6. The third-order valence-corrected chi connectivity index (χ3v) is 3.45. The van der Waals surface area contributed by atoms with Crippen LogP contribution in [-0.4, -0.2) is 12.1 Å². The number of hydrogen-bond donors (Lipinski definition) is 1. The molecular formula is C17H17NO2. The average Bonchev–Trinajstić information content (AvgIpc) is 2.90. The Morgan fingerprint density at radius 1 is 1.00 bits per heavy atom. The molecule has 0 saturated carbocycles. The molecule has 1 aromatic heterocycles. The van der Waals surface area contributed by atoms with Crippen molar-refractivity contribution in [2.45, 2.75) is 13.5 Å². The number of rotatable bonds is 4. The molecule has 0 aliphatic carbocycles. The molecule has 3 heteroatoms. The molecule has 20 heavy (non-hydrogen) atoms. The predicted molar refractivity (Wildman–Crippen MR) is 80.4 cm³/mol. The fraction of sp³-hybridized carbons (Fsp3) is 0.176. The van der Waals surface area contributed by atoms with Gasteiger partial charge in [0.25, 0.3) is 0 Å². The lowest BCUT2D eigenvalue weighted by molar-refractivity contribution is 0.285. The highest BCUT2D eigenvalue weighted by atomic mass is 16.5. The number of aromatic amines is 1. The molecule has 0 aliphatic rings. The molecule has 0 bridgehead atoms. The van der Waals surface area contributed by atoms with Crippen molar-refractivity contribution in [1.29, 1.82) is 0 Å². The number of nitrogens with one attached hydrogen (secondary N) is 1. The summed E-state index contributed by atoms with van der Waals surface area (Å²) in [7, 11) is 1.65. The molecule has 3 aromatic rings. The first kappa shape index (κ1) is 12.6. The lowest BCUT2D eigenvalue weighted by atomic mass is 10.1. The van der Waals surface area contributed by atoms with Gasteiger partial charge in [-0.2, -0.15) is 0 Å². The van der Waals surface area contributed by atoms with Gasteiger partial charge in [-0.3, -0.25) is 0 Å². The molecule has 0 atom stereocenters. The molecule has 0 unspecified atom stereocenters. The van der Waals surface area contributed by atoms with E-state index in [0.29, 0.717) is 6.61 Å². The summed E-state index contributed by atoms with van der Waals surface area (Å²) in [6.45, 7) is 2.63. The molecule has 0 spiro atoms. The minimum Gasteiger partial charge on any atom is -0.493 e. The van der Waals surface area contributed by atoms with E-state index >= 15 is 0 Å². The van der Waals surface area contributed by atoms with Crippen LogP contribution in [0.2, 0.25) is 0 Å². The second-order valence-electron chi connectivity index (χ2n) is 4.75. The molecule has 0 amide bonds. The molecule has 102 valence electrons. The highest BCUT2D eigenvalue weighted by Crippen LogP contribution is 2.28. The zero-order valence-electron chi connectivity index (χ0n) is 11.6. The van der Waals surface area contributed by atoms with Crippen molar-refractivity contribution >= 4 is 10.9 Å². The van der Waals surface area contributed by atoms with Crippen molar-refractivity contribution in [3.63, 3.8) is 0 Å². The summed E-state index contributed by atoms with van der Waals surface area (Å²) in [5.41, 5.74) is 3.55. The molecule has 2 aromatic carbocycles. The Balaban J connectivity index is 1.87. The largest absolute Gasteiger partial charge is 0.493 e. The van der Waals surface area contributed by atoms with Crippen molar-refractivity contribution in [2.75, 3.05) is 7.11 Å². The predicted octanol–water partition coefficient (Wildman–Crippen LogP) is 4.06. The maximum Gasteiger partial charge on any atom is 0.161 e. The fourth-order valence-electron chi connectivity index (χ4n) is 2.46. The number of H-pyrrole nitrogens is 1. The molecule has 3 nitrogen and oxygen atoms in total. The maximum absolute atomic E-state index is 5.89. The molecule has 0 saturated heterocycles. The third kappa shape index (κ3) is 2.23. The Hall–Kier alpha value is -2.42. The quantitative estimate of drug-likeness (QED) is 0.773. The SMILES string of the molecule is COc1ccccc1OCc1c[nH]c2cccc(C)c12. The van der Waals surface area contributed by atoms with Crippen LogP contribution < -0.4 is 9.47 Å². The Bertz CT molecular complexity index is 731. The lowest BCUT2D eigenvalue weighted by Crippen LogP contribution is -1.97. The molecule has 0 aliphatic heterocycles. The van der Waals surface area contributed by atoms with Gasteiger partial charge in [-0.1, -0.05) is 24.3 Å². The Morgan fingerprint density at radius 3 is 2.60 bits per heavy atom.